The summed E-state index contributed by atoms with van der Waals surface area (Å²) in [5.74, 6) is -13.3. The fourth-order valence-corrected chi connectivity index (χ4v) is 18.8. The second-order valence-corrected chi connectivity index (χ2v) is 35.3. The fraction of sp³-hybridized carbons (Fsp3) is 0.477. The average molecular weight is 1680 g/mol. The van der Waals surface area contributed by atoms with E-state index in [0.29, 0.717) is 17.6 Å². The number of ketones is 1. The summed E-state index contributed by atoms with van der Waals surface area (Å²) in [6.45, 7) is 13.4. The molecule has 0 radical (unpaired) electrons. The van der Waals surface area contributed by atoms with Gasteiger partial charge in [0.1, 0.15) is 95.4 Å². The topological polar surface area (TPSA) is 474 Å². The van der Waals surface area contributed by atoms with Gasteiger partial charge in [0.2, 0.25) is 53.4 Å². The van der Waals surface area contributed by atoms with Crippen molar-refractivity contribution in [2.75, 3.05) is 20.2 Å². The summed E-state index contributed by atoms with van der Waals surface area (Å²) in [6, 6.07) is 10.5. The first-order chi connectivity index (χ1) is 56.3. The Hall–Kier alpha value is -10.5. The maximum absolute atomic E-state index is 16.5. The van der Waals surface area contributed by atoms with E-state index in [9.17, 15) is 50.1 Å². The maximum atomic E-state index is 16.5. The number of amides is 8. The Morgan fingerprint density at radius 2 is 1.32 bits per heavy atom. The van der Waals surface area contributed by atoms with Crippen LogP contribution in [0.1, 0.15) is 167 Å². The first-order valence-electron chi connectivity index (χ1n) is 39.9. The number of hydrogen-bond donors (Lipinski definition) is 15. The predicted octanol–water partition coefficient (Wildman–Crippen LogP) is 7.85. The smallest absolute Gasteiger partial charge is 0.410 e. The van der Waals surface area contributed by atoms with Gasteiger partial charge in [0.05, 0.1) is 46.8 Å². The number of rotatable bonds is 15. The molecule has 4 aliphatic carbocycles. The molecule has 8 amide bonds. The molecule has 14 unspecified atom stereocenters. The molecule has 33 heteroatoms. The number of fused-ring (bicyclic) bond motifs is 15. The number of Topliss-reactive ketones (excluding diaryl/α,β-unsaturated/α-hetero) is 1. The van der Waals surface area contributed by atoms with Gasteiger partial charge in [0.15, 0.2) is 22.9 Å². The van der Waals surface area contributed by atoms with Gasteiger partial charge in [0.25, 0.3) is 0 Å². The van der Waals surface area contributed by atoms with Crippen LogP contribution in [0.3, 0.4) is 0 Å². The van der Waals surface area contributed by atoms with Gasteiger partial charge in [0, 0.05) is 43.2 Å². The molecule has 4 saturated carbocycles. The molecular weight excluding hydrogens is 1580 g/mol. The van der Waals surface area contributed by atoms with Gasteiger partial charge >= 0.3 is 6.09 Å². The lowest BCUT2D eigenvalue weighted by molar-refractivity contribution is -0.276. The highest BCUT2D eigenvalue weighted by Crippen LogP contribution is 2.56. The van der Waals surface area contributed by atoms with E-state index < -0.39 is 204 Å². The molecule has 6 aromatic carbocycles. The number of carbonyl (C=O) groups is 9. The van der Waals surface area contributed by atoms with Crippen molar-refractivity contribution in [1.29, 1.82) is 0 Å². The van der Waals surface area contributed by atoms with Gasteiger partial charge in [-0.25, -0.2) is 4.79 Å². The highest BCUT2D eigenvalue weighted by Gasteiger charge is 2.62. The Morgan fingerprint density at radius 3 is 1.94 bits per heavy atom. The van der Waals surface area contributed by atoms with Crippen LogP contribution >= 0.6 is 23.2 Å². The predicted molar refractivity (Wildman–Crippen MR) is 429 cm³/mol. The molecule has 15 bridgehead atoms. The summed E-state index contributed by atoms with van der Waals surface area (Å²) < 4.78 is 38.4. The number of aromatic hydroxyl groups is 3. The number of phenolic OH excluding ortho intramolecular Hbond substituents is 3. The summed E-state index contributed by atoms with van der Waals surface area (Å²) in [6.07, 6.45) is -10.1. The number of aliphatic hydroxyl groups is 4. The summed E-state index contributed by atoms with van der Waals surface area (Å²) in [5, 5.41) is 103. The molecule has 17 rings (SSSR count). The third kappa shape index (κ3) is 17.9. The SMILES string of the molecule is Cc1cc(C)c(OCC2OC(Oc3c4cc5cc3Oc3ccc(cc3Cl)C3NC36NC(=O)CC(NC(=O)C5NC(=O)C(CC(N)=O)NC(=O)C(NC(=O)C(CC(C)C)CN(C)C(=O)OC(C)(C)C)C(O)c3ccc(c(Cl)c3)O4)c3ccc(O)c(c3)-c3c(O)cc(O)cc3C(C(=O)NC3C4CC5CC(C4)CC3C5)CC6=O)C(O)C(O)C2O)c(C)c1. The van der Waals surface area contributed by atoms with Gasteiger partial charge in [-0.2, -0.15) is 0 Å². The number of benzene rings is 6. The normalized spacial score (nSPS) is 28.5. The zero-order chi connectivity index (χ0) is 85.4. The van der Waals surface area contributed by atoms with E-state index in [4.69, 9.17) is 57.4 Å². The van der Waals surface area contributed by atoms with Crippen LogP contribution < -0.4 is 61.9 Å². The summed E-state index contributed by atoms with van der Waals surface area (Å²) in [7, 11) is 1.41. The van der Waals surface area contributed by atoms with Crippen LogP contribution in [0.15, 0.2) is 91.0 Å². The number of nitrogens with one attached hydrogen (secondary N) is 7. The van der Waals surface area contributed by atoms with Crippen LogP contribution in [0.5, 0.6) is 51.7 Å². The number of aryl methyl sites for hydroxylation is 3. The number of carbonyl (C=O) groups excluding carboxylic acids is 9. The van der Waals surface area contributed by atoms with Crippen molar-refractivity contribution in [2.45, 2.75) is 203 Å². The number of nitrogens with zero attached hydrogens (tertiary/aromatic N) is 1. The maximum Gasteiger partial charge on any atom is 0.410 e. The molecule has 7 heterocycles. The van der Waals surface area contributed by atoms with E-state index in [1.807, 2.05) is 46.8 Å². The van der Waals surface area contributed by atoms with Gasteiger partial charge in [-0.15, -0.1) is 0 Å². The molecule has 6 fully saturated rings. The van der Waals surface area contributed by atoms with E-state index in [0.717, 1.165) is 67.0 Å². The molecule has 1 spiro atoms. The summed E-state index contributed by atoms with van der Waals surface area (Å²) >= 11 is 14.6. The van der Waals surface area contributed by atoms with Crippen LogP contribution in [0.4, 0.5) is 4.79 Å². The van der Waals surface area contributed by atoms with E-state index in [1.54, 1.807) is 20.8 Å². The lowest BCUT2D eigenvalue weighted by Crippen LogP contribution is -2.60. The van der Waals surface area contributed by atoms with Crippen molar-refractivity contribution in [3.05, 3.63) is 146 Å². The Bertz CT molecular complexity index is 5010. The summed E-state index contributed by atoms with van der Waals surface area (Å²) in [5.41, 5.74) is 4.45. The number of hydrogen-bond acceptors (Lipinski definition) is 23. The quantitative estimate of drug-likeness (QED) is 0.0435. The second kappa shape index (κ2) is 33.6. The van der Waals surface area contributed by atoms with E-state index >= 15 is 28.8 Å². The Balaban J connectivity index is 0.936. The minimum atomic E-state index is -2.22. The third-order valence-corrected chi connectivity index (χ3v) is 24.3. The lowest BCUT2D eigenvalue weighted by Gasteiger charge is -2.54. The largest absolute Gasteiger partial charge is 0.508 e. The molecule has 6 aromatic rings. The standard InChI is InChI=1S/C86H99Cl2N9O22/c1-36(2)16-48(34-97(9)84(113)119-85(6,7)8)78(108)94-70-71(104)43-11-14-59(53(87)25-43)115-61-27-47-28-62(76(61)118-83-74(107)73(106)72(105)63(117-83)35-114-75-38(4)17-37(3)18-39(75)5)116-60-15-12-44(26-54(60)88)77-86(96-77)64(101)31-51(79(109)92-68-45-20-40-19-41(22-45)23-46(68)21-40)50-29-49(98)30-58(100)67(50)52-24-42(10-13-57(52)99)55(33-66(103)95-86)90-81(111)69(47)93-80(110)56(32-65(89)102)91-82(70)112/h10-15,17-18,24-30,36,40-41,45-46,48,51,55-56,63,68-74,77,83,96,98-100,104-107H,16,19-23,31-35H2,1-9H3,(H2,89,102)(H,90,111)(H,91,112)(H,92,109)(H,93,110)(H,94,108)(H,95,103). The molecule has 31 nitrogen and oxygen atoms in total. The number of nitrogens with two attached hydrogens (primary N) is 1. The number of ether oxygens (including phenoxy) is 6. The number of phenols is 3. The van der Waals surface area contributed by atoms with E-state index in [2.05, 4.69) is 37.2 Å². The molecular formula is C86H99Cl2N9O22. The zero-order valence-electron chi connectivity index (χ0n) is 66.9. The van der Waals surface area contributed by atoms with Crippen molar-refractivity contribution in [3.63, 3.8) is 0 Å². The lowest BCUT2D eigenvalue weighted by atomic mass is 9.54. The molecule has 16 N–H and O–H groups in total. The first-order valence-corrected chi connectivity index (χ1v) is 40.7. The number of primary amides is 1. The van der Waals surface area contributed by atoms with Crippen LogP contribution in [0.2, 0.25) is 10.0 Å². The fourth-order valence-electron chi connectivity index (χ4n) is 18.4. The third-order valence-electron chi connectivity index (χ3n) is 23.8. The Labute approximate surface area is 695 Å². The van der Waals surface area contributed by atoms with Crippen LogP contribution in [-0.4, -0.2) is 174 Å². The highest BCUT2D eigenvalue weighted by atomic mass is 35.5. The Kier molecular flexibility index (Phi) is 24.0. The molecule has 7 aliphatic heterocycles. The summed E-state index contributed by atoms with van der Waals surface area (Å²) in [4.78, 5) is 137. The van der Waals surface area contributed by atoms with Gasteiger partial charge in [-0.1, -0.05) is 72.9 Å². The Morgan fingerprint density at radius 1 is 0.689 bits per heavy atom. The average Bonchev–Trinajstić information content (AvgIpc) is 1.49. The van der Waals surface area contributed by atoms with Crippen LogP contribution in [-0.2, 0) is 47.8 Å². The molecule has 634 valence electrons. The van der Waals surface area contributed by atoms with Crippen molar-refractivity contribution in [2.24, 2.45) is 41.2 Å². The number of halogens is 2. The first kappa shape index (κ1) is 84.9. The second-order valence-electron chi connectivity index (χ2n) is 34.4. The van der Waals surface area contributed by atoms with Crippen molar-refractivity contribution >= 4 is 76.4 Å². The molecule has 11 aliphatic rings. The zero-order valence-corrected chi connectivity index (χ0v) is 68.5. The van der Waals surface area contributed by atoms with Crippen molar-refractivity contribution in [1.82, 2.24) is 42.1 Å². The number of aliphatic hydroxyl groups excluding tert-OH is 4. The van der Waals surface area contributed by atoms with Crippen LogP contribution in [0.25, 0.3) is 11.1 Å². The molecule has 0 aromatic heterocycles. The van der Waals surface area contributed by atoms with E-state index in [1.165, 1.54) is 72.6 Å². The minimum Gasteiger partial charge on any atom is -0.508 e. The van der Waals surface area contributed by atoms with E-state index in [-0.39, 0.29) is 97.2 Å². The minimum absolute atomic E-state index is 0.00698. The molecule has 2 saturated heterocycles. The van der Waals surface area contributed by atoms with Gasteiger partial charge in [-0.05, 0) is 203 Å². The van der Waals surface area contributed by atoms with Gasteiger partial charge < -0.3 is 107 Å². The molecule has 119 heavy (non-hydrogen) atoms. The van der Waals surface area contributed by atoms with Crippen molar-refractivity contribution < 1.29 is 107 Å². The monoisotopic (exact) mass is 1680 g/mol. The van der Waals surface area contributed by atoms with Gasteiger partial charge in [-0.3, -0.25) is 43.7 Å². The van der Waals surface area contributed by atoms with Crippen molar-refractivity contribution in [3.8, 4) is 62.9 Å². The van der Waals surface area contributed by atoms with Crippen LogP contribution in [0, 0.1) is 56.3 Å². The molecule has 14 atom stereocenters. The highest BCUT2D eigenvalue weighted by molar-refractivity contribution is 6.32.